The molecule has 0 bridgehead atoms. The smallest absolute Gasteiger partial charge is 0.294 e. The van der Waals surface area contributed by atoms with Crippen LogP contribution in [0.2, 0.25) is 0 Å². The third kappa shape index (κ3) is 3.86. The number of hydrogen-bond donors (Lipinski definition) is 1. The molecule has 0 spiro atoms. The van der Waals surface area contributed by atoms with Crippen molar-refractivity contribution in [1.29, 1.82) is 0 Å². The summed E-state index contributed by atoms with van der Waals surface area (Å²) in [5.41, 5.74) is 1.63. The summed E-state index contributed by atoms with van der Waals surface area (Å²) >= 11 is 0. The predicted molar refractivity (Wildman–Crippen MR) is 109 cm³/mol. The van der Waals surface area contributed by atoms with Crippen LogP contribution in [-0.2, 0) is 6.54 Å². The Morgan fingerprint density at radius 2 is 2.00 bits per heavy atom. The van der Waals surface area contributed by atoms with Crippen LogP contribution in [0.4, 0.5) is 5.69 Å². The molecule has 0 aliphatic rings. The molecule has 1 amide bonds. The number of carbonyl (C=O) groups excluding carboxylic acids is 1. The van der Waals surface area contributed by atoms with Crippen LogP contribution in [-0.4, -0.2) is 31.5 Å². The lowest BCUT2D eigenvalue weighted by molar-refractivity contribution is -0.384. The molecule has 0 atom stereocenters. The highest BCUT2D eigenvalue weighted by molar-refractivity contribution is 5.95. The Kier molecular flexibility index (Phi) is 5.07. The van der Waals surface area contributed by atoms with Gasteiger partial charge in [0.05, 0.1) is 11.3 Å². The Hall–Kier alpha value is -3.94. The molecule has 1 N–H and O–H groups in total. The first-order valence-electron chi connectivity index (χ1n) is 9.22. The van der Waals surface area contributed by atoms with Crippen LogP contribution in [0.5, 0.6) is 0 Å². The van der Waals surface area contributed by atoms with Gasteiger partial charge in [0, 0.05) is 48.8 Å². The first-order valence-corrected chi connectivity index (χ1v) is 9.22. The van der Waals surface area contributed by atoms with Crippen LogP contribution < -0.4 is 5.32 Å². The quantitative estimate of drug-likeness (QED) is 0.297. The van der Waals surface area contributed by atoms with Gasteiger partial charge in [-0.05, 0) is 36.1 Å². The van der Waals surface area contributed by atoms with Gasteiger partial charge in [-0.3, -0.25) is 14.9 Å². The third-order valence-electron chi connectivity index (χ3n) is 4.76. The molecule has 146 valence electrons. The molecule has 2 aromatic carbocycles. The summed E-state index contributed by atoms with van der Waals surface area (Å²) in [6.45, 7) is 1.25. The second-order valence-corrected chi connectivity index (χ2v) is 6.61. The van der Waals surface area contributed by atoms with E-state index in [1.807, 2.05) is 18.3 Å². The van der Waals surface area contributed by atoms with Crippen molar-refractivity contribution in [2.24, 2.45) is 0 Å². The van der Waals surface area contributed by atoms with E-state index in [1.54, 1.807) is 22.9 Å². The van der Waals surface area contributed by atoms with Gasteiger partial charge in [0.1, 0.15) is 5.69 Å². The molecule has 2 aromatic heterocycles. The van der Waals surface area contributed by atoms with Gasteiger partial charge < -0.3 is 14.5 Å². The van der Waals surface area contributed by atoms with Gasteiger partial charge in [-0.15, -0.1) is 0 Å². The molecule has 8 heteroatoms. The van der Waals surface area contributed by atoms with Crippen LogP contribution in [0.25, 0.3) is 16.6 Å². The lowest BCUT2D eigenvalue weighted by Crippen LogP contribution is -2.25. The van der Waals surface area contributed by atoms with Crippen LogP contribution in [0.15, 0.2) is 73.4 Å². The minimum absolute atomic E-state index is 0.144. The number of benzene rings is 2. The molecule has 0 aliphatic carbocycles. The van der Waals surface area contributed by atoms with Gasteiger partial charge in [0.2, 0.25) is 0 Å². The van der Waals surface area contributed by atoms with E-state index in [2.05, 4.69) is 33.1 Å². The fraction of sp³-hybridized carbons (Fsp3) is 0.143. The minimum Gasteiger partial charge on any atom is -0.352 e. The number of fused-ring (bicyclic) bond motifs is 1. The summed E-state index contributed by atoms with van der Waals surface area (Å²) in [6.07, 6.45) is 7.42. The normalized spacial score (nSPS) is 10.9. The Bertz CT molecular complexity index is 1160. The maximum Gasteiger partial charge on any atom is 0.294 e. The number of hydrogen-bond acceptors (Lipinski definition) is 4. The zero-order valence-electron chi connectivity index (χ0n) is 15.6. The summed E-state index contributed by atoms with van der Waals surface area (Å²) < 4.78 is 3.69. The molecule has 0 saturated heterocycles. The van der Waals surface area contributed by atoms with Crippen molar-refractivity contribution in [3.63, 3.8) is 0 Å². The van der Waals surface area contributed by atoms with Gasteiger partial charge in [0.15, 0.2) is 0 Å². The number of imidazole rings is 1. The first kappa shape index (κ1) is 18.4. The minimum atomic E-state index is -0.497. The predicted octanol–water partition coefficient (Wildman–Crippen LogP) is 3.56. The van der Waals surface area contributed by atoms with E-state index < -0.39 is 4.92 Å². The molecule has 8 nitrogen and oxygen atoms in total. The van der Waals surface area contributed by atoms with E-state index >= 15 is 0 Å². The monoisotopic (exact) mass is 389 g/mol. The summed E-state index contributed by atoms with van der Waals surface area (Å²) in [5.74, 6) is -0.331. The second kappa shape index (κ2) is 7.97. The van der Waals surface area contributed by atoms with Crippen molar-refractivity contribution < 1.29 is 9.72 Å². The first-order chi connectivity index (χ1) is 14.1. The molecule has 0 unspecified atom stereocenters. The van der Waals surface area contributed by atoms with E-state index in [9.17, 15) is 14.9 Å². The zero-order chi connectivity index (χ0) is 20.2. The molecule has 4 rings (SSSR count). The highest BCUT2D eigenvalue weighted by Gasteiger charge is 2.18. The fourth-order valence-corrected chi connectivity index (χ4v) is 3.32. The van der Waals surface area contributed by atoms with Gasteiger partial charge >= 0.3 is 0 Å². The number of nitro benzene ring substituents is 1. The Labute approximate surface area is 166 Å². The number of amides is 1. The topological polar surface area (TPSA) is 95.0 Å². The van der Waals surface area contributed by atoms with Crippen molar-refractivity contribution in [2.45, 2.75) is 13.0 Å². The Morgan fingerprint density at radius 1 is 1.14 bits per heavy atom. The number of rotatable bonds is 7. The van der Waals surface area contributed by atoms with Crippen LogP contribution in [0, 0.1) is 10.1 Å². The molecule has 2 heterocycles. The van der Waals surface area contributed by atoms with Gasteiger partial charge in [-0.2, -0.15) is 0 Å². The van der Waals surface area contributed by atoms with Gasteiger partial charge in [0.25, 0.3) is 11.6 Å². The van der Waals surface area contributed by atoms with E-state index in [-0.39, 0.29) is 17.2 Å². The van der Waals surface area contributed by atoms with E-state index in [1.165, 1.54) is 24.0 Å². The molecule has 0 aliphatic heterocycles. The summed E-state index contributed by atoms with van der Waals surface area (Å²) in [4.78, 5) is 27.3. The molecule has 29 heavy (non-hydrogen) atoms. The number of nitrogens with zero attached hydrogens (tertiary/aromatic N) is 4. The van der Waals surface area contributed by atoms with Gasteiger partial charge in [-0.1, -0.05) is 18.2 Å². The fourth-order valence-electron chi connectivity index (χ4n) is 3.32. The zero-order valence-corrected chi connectivity index (χ0v) is 15.6. The van der Waals surface area contributed by atoms with E-state index in [4.69, 9.17) is 0 Å². The third-order valence-corrected chi connectivity index (χ3v) is 4.76. The SMILES string of the molecule is O=C(NCCCn1ccc2ccccc21)c1ccc(-n2ccnc2)c([N+](=O)[O-])c1. The number of para-hydroxylation sites is 1. The van der Waals surface area contributed by atoms with Crippen molar-refractivity contribution >= 4 is 22.5 Å². The van der Waals surface area contributed by atoms with Crippen molar-refractivity contribution in [3.05, 3.63) is 89.1 Å². The van der Waals surface area contributed by atoms with Gasteiger partial charge in [-0.25, -0.2) is 4.98 Å². The molecule has 0 radical (unpaired) electrons. The number of nitrogens with one attached hydrogen (secondary N) is 1. The summed E-state index contributed by atoms with van der Waals surface area (Å²) in [6, 6.07) is 14.6. The standard InChI is InChI=1S/C21H19N5O3/c27-21(23-9-3-11-24-12-8-16-4-1-2-5-18(16)24)17-6-7-19(20(14-17)26(28)29)25-13-10-22-15-25/h1-2,4-8,10,12-15H,3,9,11H2,(H,23,27). The van der Waals surface area contributed by atoms with Crippen LogP contribution in [0.3, 0.4) is 0 Å². The molecule has 0 saturated carbocycles. The number of nitro groups is 1. The maximum atomic E-state index is 12.4. The lowest BCUT2D eigenvalue weighted by Gasteiger charge is -2.09. The number of carbonyl (C=O) groups is 1. The van der Waals surface area contributed by atoms with Crippen molar-refractivity contribution in [1.82, 2.24) is 19.4 Å². The second-order valence-electron chi connectivity index (χ2n) is 6.61. The largest absolute Gasteiger partial charge is 0.352 e. The van der Waals surface area contributed by atoms with Crippen molar-refractivity contribution in [2.75, 3.05) is 6.54 Å². The number of aromatic nitrogens is 3. The summed E-state index contributed by atoms with van der Waals surface area (Å²) in [5, 5.41) is 15.4. The maximum absolute atomic E-state index is 12.4. The average Bonchev–Trinajstić information content (AvgIpc) is 3.41. The average molecular weight is 389 g/mol. The lowest BCUT2D eigenvalue weighted by atomic mass is 10.1. The number of aryl methyl sites for hydroxylation is 1. The van der Waals surface area contributed by atoms with Crippen LogP contribution >= 0.6 is 0 Å². The van der Waals surface area contributed by atoms with Crippen molar-refractivity contribution in [3.8, 4) is 5.69 Å². The van der Waals surface area contributed by atoms with Crippen LogP contribution in [0.1, 0.15) is 16.8 Å². The highest BCUT2D eigenvalue weighted by Crippen LogP contribution is 2.24. The molecular weight excluding hydrogens is 370 g/mol. The Balaban J connectivity index is 1.39. The highest BCUT2D eigenvalue weighted by atomic mass is 16.6. The Morgan fingerprint density at radius 3 is 2.79 bits per heavy atom. The summed E-state index contributed by atoms with van der Waals surface area (Å²) in [7, 11) is 0. The van der Waals surface area contributed by atoms with E-state index in [0.717, 1.165) is 18.5 Å². The van der Waals surface area contributed by atoms with E-state index in [0.29, 0.717) is 12.2 Å². The molecule has 4 aromatic rings. The molecular formula is C21H19N5O3. The molecule has 0 fully saturated rings.